The van der Waals surface area contributed by atoms with Gasteiger partial charge in [-0.05, 0) is 20.8 Å². The standard InChI is InChI=1S/C12H19N5/c1-9(2)17-7-11(6-14-17)5-13-12-8-16(4)15-10(12)3/h6-9,13H,5H2,1-4H3. The van der Waals surface area contributed by atoms with Crippen LogP contribution >= 0.6 is 0 Å². The van der Waals surface area contributed by atoms with Crippen LogP contribution in [0, 0.1) is 6.92 Å². The molecule has 0 spiro atoms. The highest BCUT2D eigenvalue weighted by Crippen LogP contribution is 2.13. The van der Waals surface area contributed by atoms with Crippen LogP contribution in [0.1, 0.15) is 31.1 Å². The van der Waals surface area contributed by atoms with E-state index in [9.17, 15) is 0 Å². The van der Waals surface area contributed by atoms with Gasteiger partial charge in [0.2, 0.25) is 0 Å². The Labute approximate surface area is 101 Å². The van der Waals surface area contributed by atoms with Gasteiger partial charge in [0.1, 0.15) is 0 Å². The van der Waals surface area contributed by atoms with Crippen LogP contribution in [-0.4, -0.2) is 19.6 Å². The summed E-state index contributed by atoms with van der Waals surface area (Å²) >= 11 is 0. The molecule has 2 aromatic heterocycles. The molecule has 0 amide bonds. The van der Waals surface area contributed by atoms with E-state index in [1.54, 1.807) is 0 Å². The molecule has 0 aliphatic carbocycles. The number of nitrogens with zero attached hydrogens (tertiary/aromatic N) is 4. The SMILES string of the molecule is Cc1nn(C)cc1NCc1cnn(C(C)C)c1. The van der Waals surface area contributed by atoms with Gasteiger partial charge in [0.15, 0.2) is 0 Å². The lowest BCUT2D eigenvalue weighted by molar-refractivity contribution is 0.532. The van der Waals surface area contributed by atoms with Crippen LogP contribution < -0.4 is 5.32 Å². The van der Waals surface area contributed by atoms with Crippen molar-refractivity contribution < 1.29 is 0 Å². The monoisotopic (exact) mass is 233 g/mol. The van der Waals surface area contributed by atoms with Crippen LogP contribution in [-0.2, 0) is 13.6 Å². The second-order valence-corrected chi connectivity index (χ2v) is 4.58. The minimum atomic E-state index is 0.406. The molecule has 0 aromatic carbocycles. The summed E-state index contributed by atoms with van der Waals surface area (Å²) in [7, 11) is 1.93. The second kappa shape index (κ2) is 4.61. The Balaban J connectivity index is 2.00. The first-order valence-corrected chi connectivity index (χ1v) is 5.83. The first-order chi connectivity index (χ1) is 8.06. The molecule has 0 aliphatic heterocycles. The van der Waals surface area contributed by atoms with Gasteiger partial charge in [-0.2, -0.15) is 10.2 Å². The predicted octanol–water partition coefficient (Wildman–Crippen LogP) is 2.12. The Kier molecular flexibility index (Phi) is 3.17. The summed E-state index contributed by atoms with van der Waals surface area (Å²) in [5, 5.41) is 12.0. The molecule has 17 heavy (non-hydrogen) atoms. The summed E-state index contributed by atoms with van der Waals surface area (Å²) < 4.78 is 3.78. The number of aryl methyl sites for hydroxylation is 2. The molecule has 5 heteroatoms. The highest BCUT2D eigenvalue weighted by molar-refractivity contribution is 5.45. The maximum atomic E-state index is 4.31. The molecule has 0 aliphatic rings. The molecular formula is C12H19N5. The van der Waals surface area contributed by atoms with Crippen LogP contribution in [0.4, 0.5) is 5.69 Å². The molecule has 0 saturated carbocycles. The van der Waals surface area contributed by atoms with E-state index in [0.717, 1.165) is 17.9 Å². The van der Waals surface area contributed by atoms with Crippen molar-refractivity contribution in [1.82, 2.24) is 19.6 Å². The molecule has 0 radical (unpaired) electrons. The number of aromatic nitrogens is 4. The lowest BCUT2D eigenvalue weighted by Crippen LogP contribution is -2.01. The lowest BCUT2D eigenvalue weighted by atomic mass is 10.3. The molecule has 5 nitrogen and oxygen atoms in total. The minimum absolute atomic E-state index is 0.406. The Morgan fingerprint density at radius 3 is 2.65 bits per heavy atom. The highest BCUT2D eigenvalue weighted by Gasteiger charge is 2.04. The molecular weight excluding hydrogens is 214 g/mol. The van der Waals surface area contributed by atoms with E-state index in [1.807, 2.05) is 35.7 Å². The van der Waals surface area contributed by atoms with Gasteiger partial charge >= 0.3 is 0 Å². The van der Waals surface area contributed by atoms with Gasteiger partial charge in [-0.15, -0.1) is 0 Å². The maximum absolute atomic E-state index is 4.31. The molecule has 2 aromatic rings. The third-order valence-electron chi connectivity index (χ3n) is 2.68. The Hall–Kier alpha value is -1.78. The average Bonchev–Trinajstić information content (AvgIpc) is 2.82. The molecule has 0 saturated heterocycles. The fraction of sp³-hybridized carbons (Fsp3) is 0.500. The number of nitrogens with one attached hydrogen (secondary N) is 1. The molecule has 92 valence electrons. The smallest absolute Gasteiger partial charge is 0.0825 e. The van der Waals surface area contributed by atoms with Crippen molar-refractivity contribution in [3.8, 4) is 0 Å². The Bertz CT molecular complexity index is 495. The lowest BCUT2D eigenvalue weighted by Gasteiger charge is -2.04. The minimum Gasteiger partial charge on any atom is -0.378 e. The van der Waals surface area contributed by atoms with Crippen molar-refractivity contribution in [3.63, 3.8) is 0 Å². The van der Waals surface area contributed by atoms with Gasteiger partial charge in [-0.25, -0.2) is 0 Å². The van der Waals surface area contributed by atoms with Gasteiger partial charge in [0, 0.05) is 37.6 Å². The van der Waals surface area contributed by atoms with Crippen LogP contribution in [0.2, 0.25) is 0 Å². The third-order valence-corrected chi connectivity index (χ3v) is 2.68. The summed E-state index contributed by atoms with van der Waals surface area (Å²) in [5.74, 6) is 0. The number of anilines is 1. The van der Waals surface area contributed by atoms with Crippen LogP contribution in [0.15, 0.2) is 18.6 Å². The summed E-state index contributed by atoms with van der Waals surface area (Å²) in [6, 6.07) is 0.406. The predicted molar refractivity (Wildman–Crippen MR) is 67.9 cm³/mol. The fourth-order valence-electron chi connectivity index (χ4n) is 1.72. The zero-order valence-electron chi connectivity index (χ0n) is 10.8. The van der Waals surface area contributed by atoms with Gasteiger partial charge in [0.25, 0.3) is 0 Å². The first kappa shape index (κ1) is 11.7. The van der Waals surface area contributed by atoms with Crippen LogP contribution in [0.25, 0.3) is 0 Å². The van der Waals surface area contributed by atoms with Crippen molar-refractivity contribution in [2.45, 2.75) is 33.4 Å². The van der Waals surface area contributed by atoms with Gasteiger partial charge in [0.05, 0.1) is 17.6 Å². The molecule has 2 heterocycles. The summed E-state index contributed by atoms with van der Waals surface area (Å²) in [4.78, 5) is 0. The van der Waals surface area contributed by atoms with Crippen molar-refractivity contribution in [2.24, 2.45) is 7.05 Å². The van der Waals surface area contributed by atoms with E-state index in [0.29, 0.717) is 6.04 Å². The van der Waals surface area contributed by atoms with Gasteiger partial charge in [-0.1, -0.05) is 0 Å². The van der Waals surface area contributed by atoms with Crippen LogP contribution in [0.3, 0.4) is 0 Å². The van der Waals surface area contributed by atoms with E-state index < -0.39 is 0 Å². The molecule has 0 atom stereocenters. The van der Waals surface area contributed by atoms with E-state index in [-0.39, 0.29) is 0 Å². The largest absolute Gasteiger partial charge is 0.378 e. The van der Waals surface area contributed by atoms with Gasteiger partial charge in [-0.3, -0.25) is 9.36 Å². The van der Waals surface area contributed by atoms with Crippen molar-refractivity contribution in [1.29, 1.82) is 0 Å². The quantitative estimate of drug-likeness (QED) is 0.880. The number of hydrogen-bond donors (Lipinski definition) is 1. The molecule has 0 bridgehead atoms. The normalized spacial score (nSPS) is 11.1. The zero-order valence-corrected chi connectivity index (χ0v) is 10.8. The second-order valence-electron chi connectivity index (χ2n) is 4.58. The van der Waals surface area contributed by atoms with Crippen LogP contribution in [0.5, 0.6) is 0 Å². The summed E-state index contributed by atoms with van der Waals surface area (Å²) in [6.45, 7) is 7.02. The average molecular weight is 233 g/mol. The third kappa shape index (κ3) is 2.67. The van der Waals surface area contributed by atoms with E-state index in [4.69, 9.17) is 0 Å². The van der Waals surface area contributed by atoms with Crippen molar-refractivity contribution in [3.05, 3.63) is 29.8 Å². The summed E-state index contributed by atoms with van der Waals surface area (Å²) in [5.41, 5.74) is 3.27. The van der Waals surface area contributed by atoms with Gasteiger partial charge < -0.3 is 5.32 Å². The highest BCUT2D eigenvalue weighted by atomic mass is 15.3. The van der Waals surface area contributed by atoms with Crippen molar-refractivity contribution >= 4 is 5.69 Å². The molecule has 0 unspecified atom stereocenters. The Morgan fingerprint density at radius 1 is 1.35 bits per heavy atom. The zero-order chi connectivity index (χ0) is 12.4. The first-order valence-electron chi connectivity index (χ1n) is 5.83. The number of rotatable bonds is 4. The van der Waals surface area contributed by atoms with Crippen molar-refractivity contribution in [2.75, 3.05) is 5.32 Å². The topological polar surface area (TPSA) is 47.7 Å². The number of hydrogen-bond acceptors (Lipinski definition) is 3. The molecule has 2 rings (SSSR count). The molecule has 1 N–H and O–H groups in total. The summed E-state index contributed by atoms with van der Waals surface area (Å²) in [6.07, 6.45) is 5.96. The fourth-order valence-corrected chi connectivity index (χ4v) is 1.72. The van der Waals surface area contributed by atoms with E-state index in [1.165, 1.54) is 5.56 Å². The van der Waals surface area contributed by atoms with E-state index >= 15 is 0 Å². The molecule has 0 fully saturated rings. The maximum Gasteiger partial charge on any atom is 0.0825 e. The van der Waals surface area contributed by atoms with E-state index in [2.05, 4.69) is 35.6 Å². The Morgan fingerprint density at radius 2 is 2.12 bits per heavy atom.